The highest BCUT2D eigenvalue weighted by atomic mass is 32.2. The first-order valence-electron chi connectivity index (χ1n) is 5.34. The molecule has 1 spiro atoms. The molecule has 2 heterocycles. The Morgan fingerprint density at radius 3 is 2.79 bits per heavy atom. The number of hydrogen-bond acceptors (Lipinski definition) is 2. The molecule has 0 bridgehead atoms. The quantitative estimate of drug-likeness (QED) is 0.698. The van der Waals surface area contributed by atoms with Gasteiger partial charge in [0.15, 0.2) is 0 Å². The molecular weight excluding hydrogens is 190 g/mol. The van der Waals surface area contributed by atoms with Crippen LogP contribution in [0, 0.1) is 0 Å². The Kier molecular flexibility index (Phi) is 2.06. The molecule has 1 aromatic rings. The van der Waals surface area contributed by atoms with Crippen LogP contribution in [-0.4, -0.2) is 13.1 Å². The van der Waals surface area contributed by atoms with Crippen LogP contribution in [0.4, 0.5) is 0 Å². The zero-order valence-corrected chi connectivity index (χ0v) is 9.07. The van der Waals surface area contributed by atoms with Crippen molar-refractivity contribution in [3.8, 4) is 0 Å². The summed E-state index contributed by atoms with van der Waals surface area (Å²) < 4.78 is 0.460. The van der Waals surface area contributed by atoms with Crippen LogP contribution in [0.3, 0.4) is 0 Å². The molecule has 0 aliphatic carbocycles. The van der Waals surface area contributed by atoms with Gasteiger partial charge in [-0.3, -0.25) is 0 Å². The highest BCUT2D eigenvalue weighted by Gasteiger charge is 2.39. The van der Waals surface area contributed by atoms with Crippen molar-refractivity contribution in [2.75, 3.05) is 13.1 Å². The summed E-state index contributed by atoms with van der Waals surface area (Å²) in [7, 11) is 0. The molecule has 1 N–H and O–H groups in total. The highest BCUT2D eigenvalue weighted by molar-refractivity contribution is 7.99. The van der Waals surface area contributed by atoms with Crippen molar-refractivity contribution >= 4 is 11.8 Å². The minimum absolute atomic E-state index is 0.460. The summed E-state index contributed by atoms with van der Waals surface area (Å²) in [4.78, 5) is 0. The van der Waals surface area contributed by atoms with Gasteiger partial charge in [0.25, 0.3) is 0 Å². The molecule has 1 fully saturated rings. The van der Waals surface area contributed by atoms with Crippen molar-refractivity contribution in [1.29, 1.82) is 0 Å². The zero-order valence-electron chi connectivity index (χ0n) is 8.25. The topological polar surface area (TPSA) is 12.0 Å². The maximum absolute atomic E-state index is 3.45. The minimum Gasteiger partial charge on any atom is -0.317 e. The lowest BCUT2D eigenvalue weighted by atomic mass is 9.87. The number of piperidine rings is 1. The van der Waals surface area contributed by atoms with Crippen molar-refractivity contribution in [3.63, 3.8) is 0 Å². The number of benzene rings is 1. The second-order valence-electron chi connectivity index (χ2n) is 4.19. The summed E-state index contributed by atoms with van der Waals surface area (Å²) in [5.74, 6) is 1.22. The van der Waals surface area contributed by atoms with Crippen LogP contribution in [0.1, 0.15) is 24.0 Å². The second-order valence-corrected chi connectivity index (χ2v) is 5.55. The van der Waals surface area contributed by atoms with Crippen molar-refractivity contribution < 1.29 is 0 Å². The van der Waals surface area contributed by atoms with Gasteiger partial charge in [0.1, 0.15) is 0 Å². The van der Waals surface area contributed by atoms with Gasteiger partial charge in [0.2, 0.25) is 0 Å². The van der Waals surface area contributed by atoms with Crippen molar-refractivity contribution in [2.45, 2.75) is 23.3 Å². The molecule has 74 valence electrons. The molecule has 0 unspecified atom stereocenters. The van der Waals surface area contributed by atoms with E-state index in [0.29, 0.717) is 4.75 Å². The van der Waals surface area contributed by atoms with E-state index in [4.69, 9.17) is 0 Å². The third-order valence-corrected chi connectivity index (χ3v) is 5.06. The predicted molar refractivity (Wildman–Crippen MR) is 61.5 cm³/mol. The molecule has 14 heavy (non-hydrogen) atoms. The van der Waals surface area contributed by atoms with Crippen molar-refractivity contribution in [2.24, 2.45) is 0 Å². The van der Waals surface area contributed by atoms with Crippen LogP contribution >= 0.6 is 11.8 Å². The van der Waals surface area contributed by atoms with E-state index in [1.54, 1.807) is 11.1 Å². The van der Waals surface area contributed by atoms with Gasteiger partial charge >= 0.3 is 0 Å². The van der Waals surface area contributed by atoms with E-state index in [0.717, 1.165) is 0 Å². The zero-order chi connectivity index (χ0) is 9.43. The van der Waals surface area contributed by atoms with E-state index >= 15 is 0 Å². The maximum atomic E-state index is 3.45. The molecule has 0 radical (unpaired) electrons. The van der Waals surface area contributed by atoms with E-state index in [-0.39, 0.29) is 0 Å². The second kappa shape index (κ2) is 3.28. The molecule has 1 aromatic carbocycles. The maximum Gasteiger partial charge on any atom is 0.0438 e. The smallest absolute Gasteiger partial charge is 0.0438 e. The average Bonchev–Trinajstić information content (AvgIpc) is 2.60. The van der Waals surface area contributed by atoms with Gasteiger partial charge < -0.3 is 5.32 Å². The van der Waals surface area contributed by atoms with Gasteiger partial charge in [0, 0.05) is 10.5 Å². The summed E-state index contributed by atoms with van der Waals surface area (Å²) in [6.45, 7) is 2.36. The van der Waals surface area contributed by atoms with E-state index in [1.807, 2.05) is 0 Å². The molecule has 0 saturated carbocycles. The predicted octanol–water partition coefficient (Wildman–Crippen LogP) is 2.51. The van der Waals surface area contributed by atoms with Gasteiger partial charge in [-0.05, 0) is 37.1 Å². The normalized spacial score (nSPS) is 23.7. The number of thioether (sulfide) groups is 1. The largest absolute Gasteiger partial charge is 0.317 e. The molecule has 3 rings (SSSR count). The fourth-order valence-corrected chi connectivity index (χ4v) is 4.16. The highest BCUT2D eigenvalue weighted by Crippen LogP contribution is 2.52. The van der Waals surface area contributed by atoms with Gasteiger partial charge in [-0.1, -0.05) is 24.3 Å². The van der Waals surface area contributed by atoms with Crippen LogP contribution < -0.4 is 5.32 Å². The van der Waals surface area contributed by atoms with E-state index in [1.165, 1.54) is 31.7 Å². The van der Waals surface area contributed by atoms with Gasteiger partial charge in [-0.15, -0.1) is 11.8 Å². The standard InChI is InChI=1S/C12H15NS/c1-2-4-11-10(3-1)9-14-12(11)5-7-13-8-6-12/h1-4,13H,5-9H2. The minimum atomic E-state index is 0.460. The van der Waals surface area contributed by atoms with Crippen molar-refractivity contribution in [1.82, 2.24) is 5.32 Å². The Bertz CT molecular complexity index is 336. The number of nitrogens with one attached hydrogen (secondary N) is 1. The molecule has 0 atom stereocenters. The van der Waals surface area contributed by atoms with Gasteiger partial charge in [-0.2, -0.15) is 0 Å². The third kappa shape index (κ3) is 1.21. The summed E-state index contributed by atoms with van der Waals surface area (Å²) >= 11 is 2.15. The van der Waals surface area contributed by atoms with Gasteiger partial charge in [-0.25, -0.2) is 0 Å². The van der Waals surface area contributed by atoms with E-state index < -0.39 is 0 Å². The number of rotatable bonds is 0. The Morgan fingerprint density at radius 1 is 1.14 bits per heavy atom. The fourth-order valence-electron chi connectivity index (χ4n) is 2.63. The molecular formula is C12H15NS. The SMILES string of the molecule is c1ccc2c(c1)CSC21CCNCC1. The Labute approximate surface area is 89.3 Å². The van der Waals surface area contributed by atoms with Crippen LogP contribution in [0.25, 0.3) is 0 Å². The molecule has 1 saturated heterocycles. The average molecular weight is 205 g/mol. The molecule has 2 heteroatoms. The first-order valence-corrected chi connectivity index (χ1v) is 6.32. The molecule has 1 nitrogen and oxygen atoms in total. The number of hydrogen-bond donors (Lipinski definition) is 1. The lowest BCUT2D eigenvalue weighted by Crippen LogP contribution is -2.36. The molecule has 0 amide bonds. The lowest BCUT2D eigenvalue weighted by molar-refractivity contribution is 0.427. The third-order valence-electron chi connectivity index (χ3n) is 3.42. The Morgan fingerprint density at radius 2 is 1.93 bits per heavy atom. The van der Waals surface area contributed by atoms with Crippen LogP contribution in [0.5, 0.6) is 0 Å². The van der Waals surface area contributed by atoms with Gasteiger partial charge in [0.05, 0.1) is 0 Å². The van der Waals surface area contributed by atoms with Crippen LogP contribution in [0.15, 0.2) is 24.3 Å². The summed E-state index contributed by atoms with van der Waals surface area (Å²) in [6, 6.07) is 8.98. The van der Waals surface area contributed by atoms with E-state index in [9.17, 15) is 0 Å². The summed E-state index contributed by atoms with van der Waals surface area (Å²) in [5, 5.41) is 3.45. The molecule has 0 aromatic heterocycles. The molecule has 2 aliphatic heterocycles. The fraction of sp³-hybridized carbons (Fsp3) is 0.500. The Balaban J connectivity index is 2.03. The summed E-state index contributed by atoms with van der Waals surface area (Å²) in [5.41, 5.74) is 3.19. The Hall–Kier alpha value is -0.470. The monoisotopic (exact) mass is 205 g/mol. The summed E-state index contributed by atoms with van der Waals surface area (Å²) in [6.07, 6.45) is 2.60. The van der Waals surface area contributed by atoms with Crippen molar-refractivity contribution in [3.05, 3.63) is 35.4 Å². The lowest BCUT2D eigenvalue weighted by Gasteiger charge is -2.34. The number of fused-ring (bicyclic) bond motifs is 2. The first kappa shape index (κ1) is 8.81. The first-order chi connectivity index (χ1) is 6.91. The molecule has 2 aliphatic rings. The van der Waals surface area contributed by atoms with Crippen LogP contribution in [0.2, 0.25) is 0 Å². The van der Waals surface area contributed by atoms with E-state index in [2.05, 4.69) is 41.3 Å². The van der Waals surface area contributed by atoms with Crippen LogP contribution in [-0.2, 0) is 10.5 Å².